The van der Waals surface area contributed by atoms with Crippen molar-refractivity contribution >= 4 is 33.4 Å². The van der Waals surface area contributed by atoms with Crippen molar-refractivity contribution in [2.75, 3.05) is 24.1 Å². The van der Waals surface area contributed by atoms with Gasteiger partial charge in [0, 0.05) is 29.7 Å². The summed E-state index contributed by atoms with van der Waals surface area (Å²) in [6.07, 6.45) is 0.565. The van der Waals surface area contributed by atoms with Crippen molar-refractivity contribution < 1.29 is 8.42 Å². The van der Waals surface area contributed by atoms with E-state index in [2.05, 4.69) is 26.1 Å². The Morgan fingerprint density at radius 3 is 2.30 bits per heavy atom. The third-order valence-electron chi connectivity index (χ3n) is 4.34. The molecule has 0 atom stereocenters. The fourth-order valence-electron chi connectivity index (χ4n) is 3.04. The molecule has 0 saturated heterocycles. The lowest BCUT2D eigenvalue weighted by Gasteiger charge is -2.10. The first kappa shape index (κ1) is 22.0. The largest absolute Gasteiger partial charge is 0.370 e. The van der Waals surface area contributed by atoms with E-state index >= 15 is 0 Å². The highest BCUT2D eigenvalue weighted by Gasteiger charge is 2.13. The molecule has 0 radical (unpaired) electrons. The van der Waals surface area contributed by atoms with Gasteiger partial charge in [-0.05, 0) is 56.7 Å². The predicted molar refractivity (Wildman–Crippen MR) is 121 cm³/mol. The van der Waals surface area contributed by atoms with Crippen LogP contribution in [0.4, 0.5) is 11.8 Å². The van der Waals surface area contributed by atoms with Crippen molar-refractivity contribution in [2.45, 2.75) is 25.2 Å². The van der Waals surface area contributed by atoms with Gasteiger partial charge >= 0.3 is 0 Å². The molecule has 7 nitrogen and oxygen atoms in total. The molecule has 0 aliphatic carbocycles. The first-order valence-corrected chi connectivity index (χ1v) is 11.3. The average Bonchev–Trinajstić information content (AvgIpc) is 2.67. The molecule has 4 N–H and O–H groups in total. The second-order valence-corrected chi connectivity index (χ2v) is 9.21. The van der Waals surface area contributed by atoms with Crippen LogP contribution in [0.5, 0.6) is 0 Å². The van der Waals surface area contributed by atoms with Gasteiger partial charge in [0.15, 0.2) is 0 Å². The van der Waals surface area contributed by atoms with Crippen LogP contribution in [0.1, 0.15) is 17.5 Å². The van der Waals surface area contributed by atoms with Crippen LogP contribution >= 0.6 is 11.6 Å². The number of nitrogens with zero attached hydrogens (tertiary/aromatic N) is 2. The summed E-state index contributed by atoms with van der Waals surface area (Å²) in [7, 11) is -3.56. The zero-order valence-corrected chi connectivity index (χ0v) is 18.4. The molecular formula is C21H24ClN5O2S. The number of rotatable bonds is 8. The molecule has 1 aromatic heterocycles. The van der Waals surface area contributed by atoms with E-state index in [1.807, 2.05) is 32.0 Å². The van der Waals surface area contributed by atoms with E-state index in [1.165, 1.54) is 12.1 Å². The van der Waals surface area contributed by atoms with E-state index in [9.17, 15) is 8.42 Å². The van der Waals surface area contributed by atoms with Crippen molar-refractivity contribution in [3.8, 4) is 11.3 Å². The van der Waals surface area contributed by atoms with Crippen LogP contribution in [-0.4, -0.2) is 31.5 Å². The van der Waals surface area contributed by atoms with Gasteiger partial charge in [-0.2, -0.15) is 4.98 Å². The zero-order chi connectivity index (χ0) is 21.7. The smallest absolute Gasteiger partial charge is 0.240 e. The molecule has 9 heteroatoms. The van der Waals surface area contributed by atoms with E-state index < -0.39 is 10.0 Å². The number of sulfonamides is 1. The minimum atomic E-state index is -3.56. The summed E-state index contributed by atoms with van der Waals surface area (Å²) in [5.74, 6) is 0.773. The molecule has 158 valence electrons. The van der Waals surface area contributed by atoms with Crippen LogP contribution in [0.2, 0.25) is 5.02 Å². The van der Waals surface area contributed by atoms with Crippen LogP contribution in [0.3, 0.4) is 0 Å². The predicted octanol–water partition coefficient (Wildman–Crippen LogP) is 3.78. The van der Waals surface area contributed by atoms with Crippen molar-refractivity contribution in [1.82, 2.24) is 14.7 Å². The lowest BCUT2D eigenvalue weighted by molar-refractivity contribution is 0.580. The third-order valence-corrected chi connectivity index (χ3v) is 6.07. The number of benzene rings is 2. The number of nitrogen functional groups attached to an aromatic ring is 1. The van der Waals surface area contributed by atoms with E-state index in [0.29, 0.717) is 23.8 Å². The van der Waals surface area contributed by atoms with Gasteiger partial charge in [0.2, 0.25) is 16.0 Å². The Morgan fingerprint density at radius 2 is 1.63 bits per heavy atom. The van der Waals surface area contributed by atoms with Crippen molar-refractivity contribution in [1.29, 1.82) is 0 Å². The number of aromatic nitrogens is 2. The molecule has 0 aliphatic rings. The van der Waals surface area contributed by atoms with Crippen LogP contribution in [0, 0.1) is 13.8 Å². The summed E-state index contributed by atoms with van der Waals surface area (Å²) < 4.78 is 27.1. The van der Waals surface area contributed by atoms with Gasteiger partial charge < -0.3 is 11.1 Å². The quantitative estimate of drug-likeness (QED) is 0.455. The van der Waals surface area contributed by atoms with Crippen LogP contribution in [0.15, 0.2) is 53.4 Å². The number of hydrogen-bond acceptors (Lipinski definition) is 6. The number of nitrogens with two attached hydrogens (primary N) is 1. The first-order valence-electron chi connectivity index (χ1n) is 9.45. The highest BCUT2D eigenvalue weighted by Crippen LogP contribution is 2.23. The topological polar surface area (TPSA) is 110 Å². The molecule has 2 aromatic carbocycles. The highest BCUT2D eigenvalue weighted by atomic mass is 35.5. The van der Waals surface area contributed by atoms with Gasteiger partial charge in [-0.3, -0.25) is 0 Å². The second-order valence-electron chi connectivity index (χ2n) is 7.01. The first-order chi connectivity index (χ1) is 14.2. The number of hydrogen-bond donors (Lipinski definition) is 3. The normalized spacial score (nSPS) is 11.4. The minimum Gasteiger partial charge on any atom is -0.370 e. The molecule has 0 saturated carbocycles. The molecular weight excluding hydrogens is 422 g/mol. The Kier molecular flexibility index (Phi) is 6.91. The monoisotopic (exact) mass is 445 g/mol. The molecule has 0 bridgehead atoms. The molecule has 0 spiro atoms. The second kappa shape index (κ2) is 9.42. The molecule has 30 heavy (non-hydrogen) atoms. The SMILES string of the molecule is Cc1cc(C)cc(-c2cc(NCCCNS(=O)(=O)c3ccc(Cl)cc3)nc(N)n2)c1. The molecule has 0 amide bonds. The summed E-state index contributed by atoms with van der Waals surface area (Å²) in [4.78, 5) is 8.72. The fraction of sp³-hybridized carbons (Fsp3) is 0.238. The summed E-state index contributed by atoms with van der Waals surface area (Å²) in [6.45, 7) is 4.87. The molecule has 0 fully saturated rings. The van der Waals surface area contributed by atoms with Crippen LogP contribution in [0.25, 0.3) is 11.3 Å². The lowest BCUT2D eigenvalue weighted by atomic mass is 10.0. The lowest BCUT2D eigenvalue weighted by Crippen LogP contribution is -2.26. The summed E-state index contributed by atoms with van der Waals surface area (Å²) in [5, 5.41) is 3.66. The number of nitrogens with one attached hydrogen (secondary N) is 2. The molecule has 1 heterocycles. The molecule has 0 aliphatic heterocycles. The standard InChI is InChI=1S/C21H24ClN5O2S/c1-14-10-15(2)12-16(11-14)19-13-20(27-21(23)26-19)24-8-3-9-25-30(28,29)18-6-4-17(22)5-7-18/h4-7,10-13,25H,3,8-9H2,1-2H3,(H3,23,24,26,27). The zero-order valence-electron chi connectivity index (χ0n) is 16.8. The summed E-state index contributed by atoms with van der Waals surface area (Å²) in [5.41, 5.74) is 9.87. The molecule has 0 unspecified atom stereocenters. The van der Waals surface area contributed by atoms with Crippen molar-refractivity contribution in [2.24, 2.45) is 0 Å². The number of aryl methyl sites for hydroxylation is 2. The van der Waals surface area contributed by atoms with Crippen LogP contribution in [-0.2, 0) is 10.0 Å². The van der Waals surface area contributed by atoms with Gasteiger partial charge in [-0.1, -0.05) is 28.8 Å². The molecule has 3 aromatic rings. The summed E-state index contributed by atoms with van der Waals surface area (Å²) >= 11 is 5.80. The van der Waals surface area contributed by atoms with E-state index in [-0.39, 0.29) is 17.4 Å². The van der Waals surface area contributed by atoms with Gasteiger partial charge in [0.1, 0.15) is 5.82 Å². The Hall–Kier alpha value is -2.68. The van der Waals surface area contributed by atoms with E-state index in [4.69, 9.17) is 17.3 Å². The summed E-state index contributed by atoms with van der Waals surface area (Å²) in [6, 6.07) is 14.1. The minimum absolute atomic E-state index is 0.178. The molecule has 3 rings (SSSR count). The van der Waals surface area contributed by atoms with Gasteiger partial charge in [-0.15, -0.1) is 0 Å². The van der Waals surface area contributed by atoms with Crippen LogP contribution < -0.4 is 15.8 Å². The Morgan fingerprint density at radius 1 is 0.967 bits per heavy atom. The maximum atomic E-state index is 12.3. The maximum Gasteiger partial charge on any atom is 0.240 e. The number of anilines is 2. The maximum absolute atomic E-state index is 12.3. The fourth-order valence-corrected chi connectivity index (χ4v) is 4.24. The van der Waals surface area contributed by atoms with Crippen molar-refractivity contribution in [3.63, 3.8) is 0 Å². The Bertz CT molecular complexity index is 1110. The van der Waals surface area contributed by atoms with Gasteiger partial charge in [0.25, 0.3) is 0 Å². The van der Waals surface area contributed by atoms with E-state index in [0.717, 1.165) is 22.4 Å². The van der Waals surface area contributed by atoms with Crippen molar-refractivity contribution in [3.05, 3.63) is 64.7 Å². The van der Waals surface area contributed by atoms with Gasteiger partial charge in [0.05, 0.1) is 10.6 Å². The average molecular weight is 446 g/mol. The third kappa shape index (κ3) is 5.91. The highest BCUT2D eigenvalue weighted by molar-refractivity contribution is 7.89. The van der Waals surface area contributed by atoms with Gasteiger partial charge in [-0.25, -0.2) is 18.1 Å². The number of halogens is 1. The van der Waals surface area contributed by atoms with E-state index in [1.54, 1.807) is 12.1 Å². The Balaban J connectivity index is 1.57. The Labute approximate surface area is 181 Å².